The first kappa shape index (κ1) is 17.3. The van der Waals surface area contributed by atoms with Crippen molar-refractivity contribution in [3.63, 3.8) is 0 Å². The maximum Gasteiger partial charge on any atom is 0.275 e. The molecule has 3 aromatic rings. The van der Waals surface area contributed by atoms with Gasteiger partial charge in [-0.05, 0) is 38.1 Å². The summed E-state index contributed by atoms with van der Waals surface area (Å²) in [7, 11) is 0. The summed E-state index contributed by atoms with van der Waals surface area (Å²) in [5, 5.41) is 5.84. The first-order valence-electron chi connectivity index (χ1n) is 8.09. The Morgan fingerprint density at radius 3 is 2.35 bits per heavy atom. The highest BCUT2D eigenvalue weighted by atomic mass is 16.2. The lowest BCUT2D eigenvalue weighted by Crippen LogP contribution is -2.14. The Balaban J connectivity index is 1.68. The number of amides is 1. The second-order valence-corrected chi connectivity index (χ2v) is 5.87. The van der Waals surface area contributed by atoms with Crippen molar-refractivity contribution in [1.29, 1.82) is 0 Å². The maximum absolute atomic E-state index is 12.2. The largest absolute Gasteiger partial charge is 0.339 e. The number of nitrogens with zero attached hydrogens (tertiary/aromatic N) is 2. The van der Waals surface area contributed by atoms with E-state index in [2.05, 4.69) is 20.6 Å². The molecule has 0 aliphatic heterocycles. The zero-order valence-corrected chi connectivity index (χ0v) is 14.5. The van der Waals surface area contributed by atoms with Crippen molar-refractivity contribution < 1.29 is 9.59 Å². The Labute approximate surface area is 151 Å². The van der Waals surface area contributed by atoms with Crippen LogP contribution in [0, 0.1) is 6.92 Å². The van der Waals surface area contributed by atoms with Gasteiger partial charge in [-0.3, -0.25) is 9.59 Å². The number of carbonyl (C=O) groups is 2. The van der Waals surface area contributed by atoms with E-state index < -0.39 is 0 Å². The Kier molecular flexibility index (Phi) is 5.03. The van der Waals surface area contributed by atoms with Crippen LogP contribution in [0.25, 0.3) is 0 Å². The first-order chi connectivity index (χ1) is 12.5. The molecule has 130 valence electrons. The molecule has 2 aromatic carbocycles. The van der Waals surface area contributed by atoms with Crippen molar-refractivity contribution in [2.45, 2.75) is 13.8 Å². The van der Waals surface area contributed by atoms with Crippen LogP contribution in [0.1, 0.15) is 33.3 Å². The third-order valence-electron chi connectivity index (χ3n) is 3.74. The molecule has 0 fully saturated rings. The van der Waals surface area contributed by atoms with E-state index in [-0.39, 0.29) is 17.4 Å². The third-order valence-corrected chi connectivity index (χ3v) is 3.74. The second kappa shape index (κ2) is 7.57. The van der Waals surface area contributed by atoms with E-state index in [4.69, 9.17) is 0 Å². The molecule has 0 radical (unpaired) electrons. The van der Waals surface area contributed by atoms with Gasteiger partial charge in [0.2, 0.25) is 0 Å². The van der Waals surface area contributed by atoms with Crippen molar-refractivity contribution in [2.24, 2.45) is 0 Å². The van der Waals surface area contributed by atoms with Crippen LogP contribution >= 0.6 is 0 Å². The first-order valence-corrected chi connectivity index (χ1v) is 8.09. The van der Waals surface area contributed by atoms with Gasteiger partial charge >= 0.3 is 0 Å². The van der Waals surface area contributed by atoms with Gasteiger partial charge in [0.15, 0.2) is 5.78 Å². The zero-order chi connectivity index (χ0) is 18.5. The topological polar surface area (TPSA) is 84.0 Å². The number of rotatable bonds is 5. The molecule has 0 bridgehead atoms. The Hall–Kier alpha value is -3.54. The standard InChI is InChI=1S/C20H18N4O2/c1-13-6-8-16(9-7-13)24-20(26)18-11-22-19(12-21-18)23-17-5-3-4-15(10-17)14(2)25/h3-12H,1-2H3,(H,22,23)(H,24,26). The lowest BCUT2D eigenvalue weighted by atomic mass is 10.1. The van der Waals surface area contributed by atoms with Crippen LogP contribution in [-0.4, -0.2) is 21.7 Å². The monoisotopic (exact) mass is 346 g/mol. The molecule has 1 amide bonds. The van der Waals surface area contributed by atoms with Gasteiger partial charge in [-0.2, -0.15) is 0 Å². The van der Waals surface area contributed by atoms with Crippen LogP contribution in [0.15, 0.2) is 60.9 Å². The summed E-state index contributed by atoms with van der Waals surface area (Å²) in [6.45, 7) is 3.50. The molecule has 0 spiro atoms. The van der Waals surface area contributed by atoms with Crippen molar-refractivity contribution >= 4 is 28.9 Å². The van der Waals surface area contributed by atoms with Crippen LogP contribution in [0.3, 0.4) is 0 Å². The van der Waals surface area contributed by atoms with E-state index in [9.17, 15) is 9.59 Å². The van der Waals surface area contributed by atoms with Gasteiger partial charge in [0.1, 0.15) is 11.5 Å². The molecule has 0 saturated heterocycles. The molecule has 0 saturated carbocycles. The number of aromatic nitrogens is 2. The van der Waals surface area contributed by atoms with Crippen LogP contribution in [-0.2, 0) is 0 Å². The molecular formula is C20H18N4O2. The third kappa shape index (κ3) is 4.30. The highest BCUT2D eigenvalue weighted by molar-refractivity contribution is 6.02. The van der Waals surface area contributed by atoms with E-state index in [1.807, 2.05) is 37.3 Å². The number of anilines is 3. The molecule has 1 heterocycles. The lowest BCUT2D eigenvalue weighted by molar-refractivity contribution is 0.101. The normalized spacial score (nSPS) is 10.2. The molecule has 1 aromatic heterocycles. The van der Waals surface area contributed by atoms with Gasteiger partial charge in [-0.15, -0.1) is 0 Å². The quantitative estimate of drug-likeness (QED) is 0.683. The molecular weight excluding hydrogens is 328 g/mol. The van der Waals surface area contributed by atoms with E-state index in [0.717, 1.165) is 11.3 Å². The van der Waals surface area contributed by atoms with Crippen molar-refractivity contribution in [3.05, 3.63) is 77.7 Å². The summed E-state index contributed by atoms with van der Waals surface area (Å²) >= 11 is 0. The zero-order valence-electron chi connectivity index (χ0n) is 14.5. The van der Waals surface area contributed by atoms with Gasteiger partial charge in [0, 0.05) is 16.9 Å². The number of aryl methyl sites for hydroxylation is 1. The summed E-state index contributed by atoms with van der Waals surface area (Å²) in [5.74, 6) is 0.145. The van der Waals surface area contributed by atoms with Gasteiger partial charge in [0.05, 0.1) is 12.4 Å². The highest BCUT2D eigenvalue weighted by Gasteiger charge is 2.09. The Morgan fingerprint density at radius 2 is 1.69 bits per heavy atom. The molecule has 0 aliphatic rings. The van der Waals surface area contributed by atoms with Crippen LogP contribution < -0.4 is 10.6 Å². The second-order valence-electron chi connectivity index (χ2n) is 5.87. The van der Waals surface area contributed by atoms with Gasteiger partial charge in [-0.25, -0.2) is 9.97 Å². The number of hydrogen-bond donors (Lipinski definition) is 2. The van der Waals surface area contributed by atoms with Crippen LogP contribution in [0.5, 0.6) is 0 Å². The van der Waals surface area contributed by atoms with Gasteiger partial charge < -0.3 is 10.6 Å². The molecule has 0 unspecified atom stereocenters. The highest BCUT2D eigenvalue weighted by Crippen LogP contribution is 2.16. The van der Waals surface area contributed by atoms with Crippen molar-refractivity contribution in [2.75, 3.05) is 10.6 Å². The Morgan fingerprint density at radius 1 is 0.923 bits per heavy atom. The number of ketones is 1. The smallest absolute Gasteiger partial charge is 0.275 e. The van der Waals surface area contributed by atoms with E-state index in [1.165, 1.54) is 19.3 Å². The van der Waals surface area contributed by atoms with Crippen LogP contribution in [0.2, 0.25) is 0 Å². The predicted octanol–water partition coefficient (Wildman–Crippen LogP) is 3.98. The van der Waals surface area contributed by atoms with E-state index in [1.54, 1.807) is 18.2 Å². The summed E-state index contributed by atoms with van der Waals surface area (Å²) in [4.78, 5) is 32.0. The molecule has 2 N–H and O–H groups in total. The fourth-order valence-electron chi connectivity index (χ4n) is 2.31. The summed E-state index contributed by atoms with van der Waals surface area (Å²) in [6, 6.07) is 14.6. The minimum absolute atomic E-state index is 0.0112. The van der Waals surface area contributed by atoms with Gasteiger partial charge in [-0.1, -0.05) is 29.8 Å². The number of Topliss-reactive ketones (excluding diaryl/α,β-unsaturated/α-hetero) is 1. The molecule has 26 heavy (non-hydrogen) atoms. The number of benzene rings is 2. The number of carbonyl (C=O) groups excluding carboxylic acids is 2. The predicted molar refractivity (Wildman–Crippen MR) is 101 cm³/mol. The summed E-state index contributed by atoms with van der Waals surface area (Å²) < 4.78 is 0. The van der Waals surface area contributed by atoms with Crippen molar-refractivity contribution in [3.8, 4) is 0 Å². The van der Waals surface area contributed by atoms with Crippen LogP contribution in [0.4, 0.5) is 17.2 Å². The number of hydrogen-bond acceptors (Lipinski definition) is 5. The molecule has 0 atom stereocenters. The minimum Gasteiger partial charge on any atom is -0.339 e. The number of nitrogens with one attached hydrogen (secondary N) is 2. The van der Waals surface area contributed by atoms with E-state index >= 15 is 0 Å². The van der Waals surface area contributed by atoms with Gasteiger partial charge in [0.25, 0.3) is 5.91 Å². The van der Waals surface area contributed by atoms with Crippen molar-refractivity contribution in [1.82, 2.24) is 9.97 Å². The Bertz CT molecular complexity index is 935. The average Bonchev–Trinajstić information content (AvgIpc) is 2.64. The van der Waals surface area contributed by atoms with E-state index in [0.29, 0.717) is 17.1 Å². The SMILES string of the molecule is CC(=O)c1cccc(Nc2cnc(C(=O)Nc3ccc(C)cc3)cn2)c1. The minimum atomic E-state index is -0.327. The molecule has 6 heteroatoms. The fraction of sp³-hybridized carbons (Fsp3) is 0.100. The fourth-order valence-corrected chi connectivity index (χ4v) is 2.31. The molecule has 3 rings (SSSR count). The maximum atomic E-state index is 12.2. The summed E-state index contributed by atoms with van der Waals surface area (Å²) in [6.07, 6.45) is 2.88. The average molecular weight is 346 g/mol. The molecule has 6 nitrogen and oxygen atoms in total. The lowest BCUT2D eigenvalue weighted by Gasteiger charge is -2.08. The molecule has 0 aliphatic carbocycles. The summed E-state index contributed by atoms with van der Waals surface area (Å²) in [5.41, 5.74) is 3.37.